The molecular weight excluding hydrogens is 426 g/mol. The van der Waals surface area contributed by atoms with E-state index in [1.165, 1.54) is 11.1 Å². The molecule has 4 heterocycles. The Hall–Kier alpha value is -3.51. The van der Waals surface area contributed by atoms with Gasteiger partial charge in [-0.25, -0.2) is 4.98 Å². The molecule has 1 aliphatic rings. The number of hydrogen-bond acceptors (Lipinski definition) is 3. The van der Waals surface area contributed by atoms with Gasteiger partial charge < -0.3 is 14.8 Å². The van der Waals surface area contributed by atoms with Gasteiger partial charge in [-0.2, -0.15) is 0 Å². The van der Waals surface area contributed by atoms with Crippen molar-refractivity contribution < 1.29 is 0 Å². The molecule has 0 amide bonds. The van der Waals surface area contributed by atoms with Crippen molar-refractivity contribution in [1.82, 2.24) is 19.9 Å². The maximum absolute atomic E-state index is 5.87. The minimum atomic E-state index is -0.0695. The fraction of sp³-hybridized carbons (Fsp3) is 0.222. The van der Waals surface area contributed by atoms with Gasteiger partial charge in [-0.1, -0.05) is 29.8 Å². The quantitative estimate of drug-likeness (QED) is 0.403. The fourth-order valence-corrected chi connectivity index (χ4v) is 5.03. The summed E-state index contributed by atoms with van der Waals surface area (Å²) in [6.07, 6.45) is 3.75. The van der Waals surface area contributed by atoms with Crippen molar-refractivity contribution in [2.75, 3.05) is 4.90 Å². The molecule has 1 aliphatic heterocycles. The molecule has 166 valence electrons. The Morgan fingerprint density at radius 1 is 0.879 bits per heavy atom. The summed E-state index contributed by atoms with van der Waals surface area (Å²) in [7, 11) is 0. The van der Waals surface area contributed by atoms with Gasteiger partial charge in [0.2, 0.25) is 0 Å². The summed E-state index contributed by atoms with van der Waals surface area (Å²) in [5.74, 6) is 0.923. The highest BCUT2D eigenvalue weighted by Crippen LogP contribution is 2.43. The second-order valence-corrected chi connectivity index (χ2v) is 9.07. The summed E-state index contributed by atoms with van der Waals surface area (Å²) in [5.41, 5.74) is 7.90. The van der Waals surface area contributed by atoms with Gasteiger partial charge in [-0.05, 0) is 87.4 Å². The van der Waals surface area contributed by atoms with Crippen LogP contribution in [0.4, 0.5) is 5.69 Å². The van der Waals surface area contributed by atoms with Gasteiger partial charge in [0, 0.05) is 29.5 Å². The maximum atomic E-state index is 5.87. The van der Waals surface area contributed by atoms with Gasteiger partial charge >= 0.3 is 0 Å². The molecule has 0 aliphatic carbocycles. The molecule has 0 saturated carbocycles. The van der Waals surface area contributed by atoms with Crippen LogP contribution in [0.15, 0.2) is 73.1 Å². The van der Waals surface area contributed by atoms with E-state index in [9.17, 15) is 0 Å². The van der Waals surface area contributed by atoms with E-state index in [1.807, 2.05) is 24.5 Å². The van der Waals surface area contributed by atoms with Crippen molar-refractivity contribution in [2.45, 2.75) is 39.8 Å². The Morgan fingerprint density at radius 2 is 1.64 bits per heavy atom. The number of rotatable bonds is 4. The monoisotopic (exact) mass is 453 g/mol. The van der Waals surface area contributed by atoms with Crippen molar-refractivity contribution >= 4 is 23.0 Å². The first-order valence-corrected chi connectivity index (χ1v) is 11.5. The number of anilines is 1. The molecule has 1 N–H and O–H groups in total. The zero-order chi connectivity index (χ0) is 23.1. The Labute approximate surface area is 200 Å². The van der Waals surface area contributed by atoms with Crippen LogP contribution in [0.5, 0.6) is 0 Å². The van der Waals surface area contributed by atoms with Crippen molar-refractivity contribution in [2.24, 2.45) is 0 Å². The van der Waals surface area contributed by atoms with Crippen molar-refractivity contribution in [3.63, 3.8) is 0 Å². The second kappa shape index (κ2) is 8.45. The summed E-state index contributed by atoms with van der Waals surface area (Å²) in [6, 6.07) is 20.9. The zero-order valence-corrected chi connectivity index (χ0v) is 20.1. The van der Waals surface area contributed by atoms with Gasteiger partial charge in [0.1, 0.15) is 5.82 Å². The van der Waals surface area contributed by atoms with E-state index in [1.54, 1.807) is 0 Å². The fourth-order valence-electron chi connectivity index (χ4n) is 4.69. The standard InChI is InChI=1S/C27H27N5S/c1-17-8-11-21(12-9-17)32-26(25(30-27(32)33)23-7-5-6-14-28-23)22-15-19(3)31(20(22)4)24-13-10-18(2)16-29-24/h5-16,25-26H,1-4H3,(H,30,33)/t25-,26-/m1/s1. The largest absolute Gasteiger partial charge is 0.351 e. The number of aromatic nitrogens is 3. The predicted octanol–water partition coefficient (Wildman–Crippen LogP) is 5.68. The molecule has 5 nitrogen and oxygen atoms in total. The molecule has 0 spiro atoms. The van der Waals surface area contributed by atoms with Crippen LogP contribution >= 0.6 is 12.2 Å². The number of nitrogens with zero attached hydrogens (tertiary/aromatic N) is 4. The van der Waals surface area contributed by atoms with Crippen LogP contribution in [0, 0.1) is 27.7 Å². The van der Waals surface area contributed by atoms with E-state index in [2.05, 4.69) is 101 Å². The highest BCUT2D eigenvalue weighted by Gasteiger charge is 2.42. The second-order valence-electron chi connectivity index (χ2n) is 8.69. The van der Waals surface area contributed by atoms with Crippen LogP contribution in [-0.2, 0) is 0 Å². The molecule has 4 aromatic rings. The van der Waals surface area contributed by atoms with E-state index < -0.39 is 0 Å². The van der Waals surface area contributed by atoms with Crippen molar-refractivity contribution in [3.05, 3.63) is 107 Å². The Bertz CT molecular complexity index is 1290. The number of aryl methyl sites for hydroxylation is 3. The van der Waals surface area contributed by atoms with E-state index in [-0.39, 0.29) is 12.1 Å². The first kappa shape index (κ1) is 21.3. The molecule has 1 fully saturated rings. The SMILES string of the molecule is Cc1ccc(N2C(=S)N[C@H](c3ccccn3)[C@H]2c2cc(C)n(-c3ccc(C)cn3)c2C)cc1. The molecule has 33 heavy (non-hydrogen) atoms. The first-order valence-electron chi connectivity index (χ1n) is 11.1. The van der Waals surface area contributed by atoms with Gasteiger partial charge in [0.25, 0.3) is 0 Å². The van der Waals surface area contributed by atoms with Crippen molar-refractivity contribution in [3.8, 4) is 5.82 Å². The summed E-state index contributed by atoms with van der Waals surface area (Å²) in [4.78, 5) is 11.6. The number of nitrogens with one attached hydrogen (secondary N) is 1. The lowest BCUT2D eigenvalue weighted by Crippen LogP contribution is -2.29. The zero-order valence-electron chi connectivity index (χ0n) is 19.3. The molecule has 0 radical (unpaired) electrons. The summed E-state index contributed by atoms with van der Waals surface area (Å²) in [6.45, 7) is 8.44. The molecule has 1 saturated heterocycles. The van der Waals surface area contributed by atoms with Crippen molar-refractivity contribution in [1.29, 1.82) is 0 Å². The van der Waals surface area contributed by atoms with Gasteiger partial charge in [0.05, 0.1) is 17.8 Å². The van der Waals surface area contributed by atoms with E-state index >= 15 is 0 Å². The Kier molecular flexibility index (Phi) is 5.46. The highest BCUT2D eigenvalue weighted by molar-refractivity contribution is 7.80. The lowest BCUT2D eigenvalue weighted by atomic mass is 9.96. The first-order chi connectivity index (χ1) is 15.9. The van der Waals surface area contributed by atoms with Crippen LogP contribution in [0.2, 0.25) is 0 Å². The van der Waals surface area contributed by atoms with E-state index in [0.717, 1.165) is 34.2 Å². The third-order valence-electron chi connectivity index (χ3n) is 6.32. The predicted molar refractivity (Wildman–Crippen MR) is 137 cm³/mol. The number of thiocarbonyl (C=S) groups is 1. The smallest absolute Gasteiger partial charge is 0.174 e. The normalized spacial score (nSPS) is 17.9. The third kappa shape index (κ3) is 3.80. The van der Waals surface area contributed by atoms with Crippen LogP contribution in [-0.4, -0.2) is 19.6 Å². The minimum Gasteiger partial charge on any atom is -0.351 e. The highest BCUT2D eigenvalue weighted by atomic mass is 32.1. The minimum absolute atomic E-state index is 0.0412. The van der Waals surface area contributed by atoms with E-state index in [0.29, 0.717) is 5.11 Å². The summed E-state index contributed by atoms with van der Waals surface area (Å²) in [5, 5.41) is 4.26. The van der Waals surface area contributed by atoms with Crippen LogP contribution in [0.3, 0.4) is 0 Å². The molecule has 6 heteroatoms. The average molecular weight is 454 g/mol. The molecular formula is C27H27N5S. The molecule has 2 atom stereocenters. The van der Waals surface area contributed by atoms with Gasteiger partial charge in [-0.15, -0.1) is 0 Å². The van der Waals surface area contributed by atoms with Crippen LogP contribution in [0.25, 0.3) is 5.82 Å². The topological polar surface area (TPSA) is 46.0 Å². The third-order valence-corrected chi connectivity index (χ3v) is 6.64. The molecule has 0 unspecified atom stereocenters. The molecule has 0 bridgehead atoms. The number of benzene rings is 1. The van der Waals surface area contributed by atoms with Crippen LogP contribution < -0.4 is 10.2 Å². The number of hydrogen-bond donors (Lipinski definition) is 1. The average Bonchev–Trinajstić information content (AvgIpc) is 3.31. The number of pyridine rings is 2. The summed E-state index contributed by atoms with van der Waals surface area (Å²) >= 11 is 5.87. The van der Waals surface area contributed by atoms with Crippen LogP contribution in [0.1, 0.15) is 45.9 Å². The summed E-state index contributed by atoms with van der Waals surface area (Å²) < 4.78 is 2.22. The Morgan fingerprint density at radius 3 is 2.30 bits per heavy atom. The molecule has 5 rings (SSSR count). The molecule has 3 aromatic heterocycles. The lowest BCUT2D eigenvalue weighted by Gasteiger charge is -2.28. The van der Waals surface area contributed by atoms with Gasteiger partial charge in [-0.3, -0.25) is 4.98 Å². The maximum Gasteiger partial charge on any atom is 0.174 e. The molecule has 1 aromatic carbocycles. The Balaban J connectivity index is 1.67. The van der Waals surface area contributed by atoms with E-state index in [4.69, 9.17) is 12.2 Å². The lowest BCUT2D eigenvalue weighted by molar-refractivity contribution is 0.565. The van der Waals surface area contributed by atoms with Gasteiger partial charge in [0.15, 0.2) is 5.11 Å².